The first kappa shape index (κ1) is 20.2. The normalized spacial score (nSPS) is 17.8. The Hall–Kier alpha value is -3.06. The highest BCUT2D eigenvalue weighted by Crippen LogP contribution is 2.16. The molecular formula is C23H25FN4O2. The van der Waals surface area contributed by atoms with Crippen molar-refractivity contribution in [2.75, 3.05) is 26.2 Å². The van der Waals surface area contributed by atoms with Crippen molar-refractivity contribution >= 4 is 17.5 Å². The largest absolute Gasteiger partial charge is 0.335 e. The molecule has 4 rings (SSSR count). The minimum absolute atomic E-state index is 0.0917. The summed E-state index contributed by atoms with van der Waals surface area (Å²) in [6.45, 7) is 4.04. The molecule has 0 N–H and O–H groups in total. The number of piperazine rings is 1. The fraction of sp³-hybridized carbons (Fsp3) is 0.348. The summed E-state index contributed by atoms with van der Waals surface area (Å²) in [5.41, 5.74) is 2.47. The quantitative estimate of drug-likeness (QED) is 0.764. The van der Waals surface area contributed by atoms with Gasteiger partial charge in [0.2, 0.25) is 5.91 Å². The second kappa shape index (κ2) is 9.17. The van der Waals surface area contributed by atoms with Crippen LogP contribution in [0, 0.1) is 5.82 Å². The van der Waals surface area contributed by atoms with E-state index >= 15 is 0 Å². The van der Waals surface area contributed by atoms with Crippen molar-refractivity contribution in [1.82, 2.24) is 14.8 Å². The van der Waals surface area contributed by atoms with Gasteiger partial charge in [0, 0.05) is 45.6 Å². The van der Waals surface area contributed by atoms with Gasteiger partial charge in [0.05, 0.1) is 6.54 Å². The van der Waals surface area contributed by atoms with Crippen molar-refractivity contribution < 1.29 is 14.0 Å². The highest BCUT2D eigenvalue weighted by atomic mass is 19.1. The van der Waals surface area contributed by atoms with E-state index < -0.39 is 0 Å². The lowest BCUT2D eigenvalue weighted by atomic mass is 10.1. The van der Waals surface area contributed by atoms with Crippen LogP contribution in [0.3, 0.4) is 0 Å². The zero-order valence-corrected chi connectivity index (χ0v) is 16.8. The van der Waals surface area contributed by atoms with E-state index in [4.69, 9.17) is 0 Å². The first-order valence-electron chi connectivity index (χ1n) is 10.3. The number of carbonyl (C=O) groups is 2. The molecule has 0 unspecified atom stereocenters. The monoisotopic (exact) mass is 408 g/mol. The molecule has 1 fully saturated rings. The Morgan fingerprint density at radius 2 is 1.53 bits per heavy atom. The Kier molecular flexibility index (Phi) is 6.18. The number of benzene rings is 2. The maximum Gasteiger partial charge on any atom is 0.270 e. The van der Waals surface area contributed by atoms with E-state index in [0.29, 0.717) is 25.2 Å². The lowest BCUT2D eigenvalue weighted by molar-refractivity contribution is -0.132. The first-order chi connectivity index (χ1) is 14.6. The Balaban J connectivity index is 1.35. The van der Waals surface area contributed by atoms with E-state index in [1.54, 1.807) is 12.1 Å². The number of halogens is 1. The number of hydrazone groups is 1. The summed E-state index contributed by atoms with van der Waals surface area (Å²) >= 11 is 0. The summed E-state index contributed by atoms with van der Waals surface area (Å²) in [4.78, 5) is 29.4. The van der Waals surface area contributed by atoms with Crippen LogP contribution in [0.1, 0.15) is 24.0 Å². The van der Waals surface area contributed by atoms with Gasteiger partial charge in [-0.05, 0) is 23.3 Å². The summed E-state index contributed by atoms with van der Waals surface area (Å²) < 4.78 is 13.1. The van der Waals surface area contributed by atoms with Gasteiger partial charge in [-0.15, -0.1) is 0 Å². The number of hydrogen-bond acceptors (Lipinski definition) is 4. The van der Waals surface area contributed by atoms with Gasteiger partial charge in [-0.3, -0.25) is 14.5 Å². The summed E-state index contributed by atoms with van der Waals surface area (Å²) in [6, 6.07) is 16.3. The number of hydrogen-bond donors (Lipinski definition) is 0. The number of amides is 2. The first-order valence-corrected chi connectivity index (χ1v) is 10.3. The summed E-state index contributed by atoms with van der Waals surface area (Å²) in [6.07, 6.45) is 0.627. The number of carbonyl (C=O) groups excluding carboxylic acids is 2. The molecular weight excluding hydrogens is 383 g/mol. The lowest BCUT2D eigenvalue weighted by Crippen LogP contribution is -2.51. The zero-order chi connectivity index (χ0) is 20.9. The molecule has 2 aromatic rings. The van der Waals surface area contributed by atoms with Gasteiger partial charge in [0.1, 0.15) is 11.5 Å². The van der Waals surface area contributed by atoms with Crippen LogP contribution >= 0.6 is 0 Å². The average Bonchev–Trinajstić information content (AvgIpc) is 2.77. The van der Waals surface area contributed by atoms with Gasteiger partial charge < -0.3 is 4.90 Å². The Labute approximate surface area is 175 Å². The van der Waals surface area contributed by atoms with Crippen molar-refractivity contribution in [1.29, 1.82) is 0 Å². The molecule has 2 amide bonds. The topological polar surface area (TPSA) is 56.2 Å². The van der Waals surface area contributed by atoms with Crippen molar-refractivity contribution in [3.63, 3.8) is 0 Å². The predicted molar refractivity (Wildman–Crippen MR) is 112 cm³/mol. The van der Waals surface area contributed by atoms with Gasteiger partial charge in [0.25, 0.3) is 5.91 Å². The molecule has 0 radical (unpaired) electrons. The third kappa shape index (κ3) is 4.91. The molecule has 6 nitrogen and oxygen atoms in total. The molecule has 2 aliphatic heterocycles. The lowest BCUT2D eigenvalue weighted by Gasteiger charge is -2.35. The van der Waals surface area contributed by atoms with E-state index in [1.165, 1.54) is 22.7 Å². The fourth-order valence-electron chi connectivity index (χ4n) is 3.78. The summed E-state index contributed by atoms with van der Waals surface area (Å²) in [5, 5.41) is 5.67. The van der Waals surface area contributed by atoms with E-state index in [2.05, 4.69) is 22.1 Å². The van der Waals surface area contributed by atoms with Crippen LogP contribution in [0.4, 0.5) is 4.39 Å². The van der Waals surface area contributed by atoms with Crippen LogP contribution in [0.25, 0.3) is 0 Å². The molecule has 0 bridgehead atoms. The molecule has 0 aromatic heterocycles. The Morgan fingerprint density at radius 3 is 2.23 bits per heavy atom. The predicted octanol–water partition coefficient (Wildman–Crippen LogP) is 2.65. The van der Waals surface area contributed by atoms with Gasteiger partial charge in [-0.2, -0.15) is 5.10 Å². The molecule has 1 saturated heterocycles. The average molecular weight is 408 g/mol. The van der Waals surface area contributed by atoms with Crippen LogP contribution in [-0.4, -0.2) is 58.5 Å². The van der Waals surface area contributed by atoms with Crippen molar-refractivity contribution in [3.8, 4) is 0 Å². The fourth-order valence-corrected chi connectivity index (χ4v) is 3.78. The molecule has 7 heteroatoms. The van der Waals surface area contributed by atoms with Crippen LogP contribution in [0.2, 0.25) is 0 Å². The number of nitrogens with zero attached hydrogens (tertiary/aromatic N) is 4. The van der Waals surface area contributed by atoms with E-state index in [9.17, 15) is 14.0 Å². The molecule has 2 heterocycles. The Morgan fingerprint density at radius 1 is 0.867 bits per heavy atom. The second-order valence-corrected chi connectivity index (χ2v) is 7.68. The molecule has 30 heavy (non-hydrogen) atoms. The smallest absolute Gasteiger partial charge is 0.270 e. The van der Waals surface area contributed by atoms with E-state index in [1.807, 2.05) is 23.1 Å². The summed E-state index contributed by atoms with van der Waals surface area (Å²) in [5.74, 6) is -0.538. The van der Waals surface area contributed by atoms with Crippen LogP contribution in [-0.2, 0) is 22.7 Å². The molecule has 156 valence electrons. The van der Waals surface area contributed by atoms with Crippen LogP contribution < -0.4 is 0 Å². The molecule has 2 aromatic carbocycles. The molecule has 0 spiro atoms. The van der Waals surface area contributed by atoms with E-state index in [-0.39, 0.29) is 30.6 Å². The third-order valence-electron chi connectivity index (χ3n) is 5.51. The van der Waals surface area contributed by atoms with Crippen LogP contribution in [0.15, 0.2) is 59.7 Å². The minimum Gasteiger partial charge on any atom is -0.335 e. The molecule has 0 saturated carbocycles. The molecule has 2 aliphatic rings. The SMILES string of the molecule is O=C(C1=NN(Cc2ccc(F)cc2)C(=O)CC1)N1CCN(Cc2ccccc2)CC1. The molecule has 0 atom stereocenters. The van der Waals surface area contributed by atoms with Gasteiger partial charge in [-0.1, -0.05) is 42.5 Å². The highest BCUT2D eigenvalue weighted by molar-refractivity contribution is 6.39. The highest BCUT2D eigenvalue weighted by Gasteiger charge is 2.29. The zero-order valence-electron chi connectivity index (χ0n) is 16.8. The summed E-state index contributed by atoms with van der Waals surface area (Å²) in [7, 11) is 0. The standard InChI is InChI=1S/C23H25FN4O2/c24-20-8-6-19(7-9-20)17-28-22(29)11-10-21(25-28)23(30)27-14-12-26(13-15-27)16-18-4-2-1-3-5-18/h1-9H,10-17H2. The maximum atomic E-state index is 13.1. The van der Waals surface area contributed by atoms with Crippen molar-refractivity contribution in [2.24, 2.45) is 5.10 Å². The Bertz CT molecular complexity index is 922. The van der Waals surface area contributed by atoms with Crippen LogP contribution in [0.5, 0.6) is 0 Å². The maximum absolute atomic E-state index is 13.1. The minimum atomic E-state index is -0.325. The van der Waals surface area contributed by atoms with E-state index in [0.717, 1.165) is 25.2 Å². The van der Waals surface area contributed by atoms with Gasteiger partial charge in [-0.25, -0.2) is 9.40 Å². The second-order valence-electron chi connectivity index (χ2n) is 7.68. The number of rotatable bonds is 5. The van der Waals surface area contributed by atoms with Crippen molar-refractivity contribution in [2.45, 2.75) is 25.9 Å². The van der Waals surface area contributed by atoms with Gasteiger partial charge >= 0.3 is 0 Å². The molecule has 0 aliphatic carbocycles. The van der Waals surface area contributed by atoms with Crippen molar-refractivity contribution in [3.05, 3.63) is 71.5 Å². The van der Waals surface area contributed by atoms with Gasteiger partial charge in [0.15, 0.2) is 0 Å². The third-order valence-corrected chi connectivity index (χ3v) is 5.51.